The molecule has 1 saturated heterocycles. The first-order valence-electron chi connectivity index (χ1n) is 15.1. The fourth-order valence-electron chi connectivity index (χ4n) is 5.84. The highest BCUT2D eigenvalue weighted by Gasteiger charge is 2.34. The Morgan fingerprint density at radius 1 is 0.884 bits per heavy atom. The van der Waals surface area contributed by atoms with Crippen molar-refractivity contribution in [2.45, 2.75) is 57.8 Å². The Labute approximate surface area is 254 Å². The lowest BCUT2D eigenvalue weighted by molar-refractivity contribution is -0.142. The highest BCUT2D eigenvalue weighted by atomic mass is 16.5. The van der Waals surface area contributed by atoms with Crippen molar-refractivity contribution in [2.24, 2.45) is 5.92 Å². The molecule has 0 bridgehead atoms. The SMILES string of the molecule is COc1ccc(CNC(=O)c2ccc(CN(C(=O)C3CCC3)C3CCN(Cc4ccc(C#N)cc4)CC3)cc2)cc1OC. The Kier molecular flexibility index (Phi) is 9.96. The normalized spacial score (nSPS) is 15.7. The first-order chi connectivity index (χ1) is 21.0. The van der Waals surface area contributed by atoms with Crippen molar-refractivity contribution in [3.63, 3.8) is 0 Å². The molecular weight excluding hydrogens is 540 g/mol. The van der Waals surface area contributed by atoms with Crippen LogP contribution in [-0.4, -0.2) is 55.0 Å². The van der Waals surface area contributed by atoms with Crippen LogP contribution < -0.4 is 14.8 Å². The number of ether oxygens (including phenoxy) is 2. The highest BCUT2D eigenvalue weighted by Crippen LogP contribution is 2.32. The maximum atomic E-state index is 13.5. The average molecular weight is 581 g/mol. The van der Waals surface area contributed by atoms with Gasteiger partial charge in [-0.25, -0.2) is 0 Å². The van der Waals surface area contributed by atoms with Crippen LogP contribution in [0.4, 0.5) is 0 Å². The Morgan fingerprint density at radius 2 is 1.53 bits per heavy atom. The number of carbonyl (C=O) groups is 2. The quantitative estimate of drug-likeness (QED) is 0.331. The van der Waals surface area contributed by atoms with Gasteiger partial charge in [-0.2, -0.15) is 5.26 Å². The van der Waals surface area contributed by atoms with E-state index in [2.05, 4.69) is 21.2 Å². The van der Waals surface area contributed by atoms with Crippen molar-refractivity contribution < 1.29 is 19.1 Å². The first-order valence-corrected chi connectivity index (χ1v) is 15.1. The molecule has 1 N–H and O–H groups in total. The van der Waals surface area contributed by atoms with E-state index in [-0.39, 0.29) is 23.8 Å². The molecule has 0 atom stereocenters. The molecule has 1 aliphatic heterocycles. The molecule has 0 radical (unpaired) electrons. The largest absolute Gasteiger partial charge is 0.493 e. The lowest BCUT2D eigenvalue weighted by Crippen LogP contribution is -2.49. The van der Waals surface area contributed by atoms with Gasteiger partial charge in [-0.1, -0.05) is 36.8 Å². The van der Waals surface area contributed by atoms with Gasteiger partial charge in [0, 0.05) is 50.2 Å². The van der Waals surface area contributed by atoms with Crippen LogP contribution in [-0.2, 0) is 24.4 Å². The van der Waals surface area contributed by atoms with E-state index < -0.39 is 0 Å². The van der Waals surface area contributed by atoms with Crippen LogP contribution in [0.2, 0.25) is 0 Å². The van der Waals surface area contributed by atoms with Crippen molar-refractivity contribution in [3.8, 4) is 17.6 Å². The van der Waals surface area contributed by atoms with Gasteiger partial charge in [0.25, 0.3) is 5.91 Å². The molecule has 2 amide bonds. The maximum absolute atomic E-state index is 13.5. The van der Waals surface area contributed by atoms with Crippen LogP contribution in [0.1, 0.15) is 64.7 Å². The number of benzene rings is 3. The molecule has 1 saturated carbocycles. The molecule has 3 aromatic rings. The van der Waals surface area contributed by atoms with E-state index in [0.717, 1.165) is 62.9 Å². The Bertz CT molecular complexity index is 1440. The van der Waals surface area contributed by atoms with Gasteiger partial charge in [0.1, 0.15) is 0 Å². The summed E-state index contributed by atoms with van der Waals surface area (Å²) in [5.74, 6) is 1.52. The minimum Gasteiger partial charge on any atom is -0.493 e. The van der Waals surface area contributed by atoms with Crippen molar-refractivity contribution in [2.75, 3.05) is 27.3 Å². The number of nitrogens with one attached hydrogen (secondary N) is 1. The van der Waals surface area contributed by atoms with E-state index >= 15 is 0 Å². The van der Waals surface area contributed by atoms with Crippen LogP contribution in [0.5, 0.6) is 11.5 Å². The number of hydrogen-bond donors (Lipinski definition) is 1. The summed E-state index contributed by atoms with van der Waals surface area (Å²) in [7, 11) is 3.18. The van der Waals surface area contributed by atoms with Crippen molar-refractivity contribution in [3.05, 3.63) is 94.5 Å². The zero-order valence-electron chi connectivity index (χ0n) is 25.1. The topological polar surface area (TPSA) is 94.9 Å². The van der Waals surface area contributed by atoms with Crippen LogP contribution in [0.15, 0.2) is 66.7 Å². The molecule has 1 aliphatic carbocycles. The van der Waals surface area contributed by atoms with Crippen molar-refractivity contribution in [1.82, 2.24) is 15.1 Å². The third-order valence-electron chi connectivity index (χ3n) is 8.69. The fraction of sp³-hybridized carbons (Fsp3) is 0.400. The zero-order chi connectivity index (χ0) is 30.2. The van der Waals surface area contributed by atoms with E-state index in [1.54, 1.807) is 14.2 Å². The summed E-state index contributed by atoms with van der Waals surface area (Å²) in [6.45, 7) is 3.64. The van der Waals surface area contributed by atoms with Crippen molar-refractivity contribution in [1.29, 1.82) is 5.26 Å². The summed E-state index contributed by atoms with van der Waals surface area (Å²) < 4.78 is 10.6. The van der Waals surface area contributed by atoms with Crippen molar-refractivity contribution >= 4 is 11.8 Å². The molecule has 0 unspecified atom stereocenters. The lowest BCUT2D eigenvalue weighted by atomic mass is 9.83. The average Bonchev–Trinajstić information content (AvgIpc) is 3.02. The van der Waals surface area contributed by atoms with Gasteiger partial charge in [-0.3, -0.25) is 14.5 Å². The Hall–Kier alpha value is -4.35. The molecule has 224 valence electrons. The minimum atomic E-state index is -0.154. The molecule has 5 rings (SSSR count). The number of piperidine rings is 1. The number of nitriles is 1. The van der Waals surface area contributed by atoms with Gasteiger partial charge < -0.3 is 19.7 Å². The third kappa shape index (κ3) is 7.54. The zero-order valence-corrected chi connectivity index (χ0v) is 25.1. The summed E-state index contributed by atoms with van der Waals surface area (Å²) in [6.07, 6.45) is 4.95. The van der Waals surface area contributed by atoms with Gasteiger partial charge in [0.05, 0.1) is 25.9 Å². The summed E-state index contributed by atoms with van der Waals surface area (Å²) in [6, 6.07) is 23.4. The molecule has 3 aromatic carbocycles. The minimum absolute atomic E-state index is 0.137. The number of methoxy groups -OCH3 is 2. The molecule has 0 spiro atoms. The van der Waals surface area contributed by atoms with Crippen LogP contribution in [0, 0.1) is 17.2 Å². The number of hydrogen-bond acceptors (Lipinski definition) is 6. The highest BCUT2D eigenvalue weighted by molar-refractivity contribution is 5.94. The first kappa shape index (κ1) is 30.1. The van der Waals surface area contributed by atoms with Gasteiger partial charge in [-0.05, 0) is 78.8 Å². The number of likely N-dealkylation sites (tertiary alicyclic amines) is 1. The van der Waals surface area contributed by atoms with E-state index in [1.165, 1.54) is 5.56 Å². The van der Waals surface area contributed by atoms with E-state index in [9.17, 15) is 9.59 Å². The van der Waals surface area contributed by atoms with Gasteiger partial charge in [0.2, 0.25) is 5.91 Å². The van der Waals surface area contributed by atoms with Crippen LogP contribution >= 0.6 is 0 Å². The number of rotatable bonds is 11. The van der Waals surface area contributed by atoms with E-state index in [0.29, 0.717) is 35.7 Å². The Morgan fingerprint density at radius 3 is 2.14 bits per heavy atom. The maximum Gasteiger partial charge on any atom is 0.251 e. The monoisotopic (exact) mass is 580 g/mol. The summed E-state index contributed by atoms with van der Waals surface area (Å²) in [5, 5.41) is 12.0. The van der Waals surface area contributed by atoms with E-state index in [1.807, 2.05) is 66.7 Å². The van der Waals surface area contributed by atoms with Gasteiger partial charge >= 0.3 is 0 Å². The molecule has 2 aliphatic rings. The summed E-state index contributed by atoms with van der Waals surface area (Å²) >= 11 is 0. The van der Waals surface area contributed by atoms with Gasteiger partial charge in [0.15, 0.2) is 11.5 Å². The number of amides is 2. The smallest absolute Gasteiger partial charge is 0.251 e. The van der Waals surface area contributed by atoms with Gasteiger partial charge in [-0.15, -0.1) is 0 Å². The van der Waals surface area contributed by atoms with Crippen LogP contribution in [0.3, 0.4) is 0 Å². The predicted octanol–water partition coefficient (Wildman–Crippen LogP) is 5.30. The summed E-state index contributed by atoms with van der Waals surface area (Å²) in [4.78, 5) is 30.9. The molecular formula is C35H40N4O4. The standard InChI is InChI=1S/C35H40N4O4/c1-42-32-15-12-28(20-33(32)43-2)22-37-34(40)29-13-10-27(11-14-29)24-39(35(41)30-4-3-5-30)31-16-18-38(19-17-31)23-26-8-6-25(21-36)7-9-26/h6-15,20,30-31H,3-5,16-19,22-24H2,1-2H3,(H,37,40). The second-order valence-corrected chi connectivity index (χ2v) is 11.5. The molecule has 1 heterocycles. The molecule has 8 heteroatoms. The molecule has 43 heavy (non-hydrogen) atoms. The third-order valence-corrected chi connectivity index (χ3v) is 8.69. The second kappa shape index (κ2) is 14.2. The predicted molar refractivity (Wildman–Crippen MR) is 165 cm³/mol. The fourth-order valence-corrected chi connectivity index (χ4v) is 5.84. The van der Waals surface area contributed by atoms with Crippen LogP contribution in [0.25, 0.3) is 0 Å². The van der Waals surface area contributed by atoms with E-state index in [4.69, 9.17) is 14.7 Å². The summed E-state index contributed by atoms with van der Waals surface area (Å²) in [5.41, 5.74) is 4.40. The number of nitrogens with zero attached hydrogens (tertiary/aromatic N) is 3. The molecule has 2 fully saturated rings. The molecule has 8 nitrogen and oxygen atoms in total. The number of carbonyl (C=O) groups excluding carboxylic acids is 2. The Balaban J connectivity index is 1.18. The second-order valence-electron chi connectivity index (χ2n) is 11.5. The molecule has 0 aromatic heterocycles. The lowest BCUT2D eigenvalue weighted by Gasteiger charge is -2.41.